The highest BCUT2D eigenvalue weighted by atomic mass is 16.3. The van der Waals surface area contributed by atoms with Crippen LogP contribution in [-0.2, 0) is 13.6 Å². The van der Waals surface area contributed by atoms with Crippen LogP contribution in [0.2, 0.25) is 0 Å². The van der Waals surface area contributed by atoms with Crippen LogP contribution in [-0.4, -0.2) is 15.8 Å². The Morgan fingerprint density at radius 1 is 1.56 bits per heavy atom. The number of nitrogens with zero attached hydrogens (tertiary/aromatic N) is 2. The second kappa shape index (κ2) is 3.79. The Balaban J connectivity index is 1.84. The zero-order chi connectivity index (χ0) is 11.0. The molecule has 1 N–H and O–H groups in total. The van der Waals surface area contributed by atoms with E-state index in [-0.39, 0.29) is 0 Å². The number of hydrogen-bond donors (Lipinski definition) is 1. The van der Waals surface area contributed by atoms with Crippen molar-refractivity contribution in [1.82, 2.24) is 15.1 Å². The molecule has 0 amide bonds. The second-order valence-electron chi connectivity index (χ2n) is 4.34. The monoisotopic (exact) mass is 217 g/mol. The Hall–Kier alpha value is -1.55. The quantitative estimate of drug-likeness (QED) is 0.851. The average molecular weight is 217 g/mol. The zero-order valence-electron chi connectivity index (χ0n) is 9.31. The van der Waals surface area contributed by atoms with Crippen LogP contribution in [0.1, 0.15) is 18.4 Å². The molecule has 0 atom stereocenters. The van der Waals surface area contributed by atoms with Crippen molar-refractivity contribution in [1.29, 1.82) is 0 Å². The first kappa shape index (κ1) is 9.66. The largest absolute Gasteiger partial charge is 0.472 e. The maximum atomic E-state index is 5.10. The third kappa shape index (κ3) is 1.88. The molecule has 1 aliphatic carbocycles. The van der Waals surface area contributed by atoms with Crippen LogP contribution in [0.15, 0.2) is 29.2 Å². The van der Waals surface area contributed by atoms with Gasteiger partial charge in [-0.3, -0.25) is 4.68 Å². The fraction of sp³-hybridized carbons (Fsp3) is 0.417. The minimum atomic E-state index is 0.720. The molecule has 2 aromatic heterocycles. The smallest absolute Gasteiger partial charge is 0.1000 e. The zero-order valence-corrected chi connectivity index (χ0v) is 9.31. The van der Waals surface area contributed by atoms with E-state index in [9.17, 15) is 0 Å². The first-order valence-electron chi connectivity index (χ1n) is 5.61. The van der Waals surface area contributed by atoms with Gasteiger partial charge in [-0.05, 0) is 18.9 Å². The van der Waals surface area contributed by atoms with E-state index < -0.39 is 0 Å². The third-order valence-electron chi connectivity index (χ3n) is 2.86. The van der Waals surface area contributed by atoms with Crippen molar-refractivity contribution in [2.45, 2.75) is 25.4 Å². The van der Waals surface area contributed by atoms with Gasteiger partial charge < -0.3 is 9.73 Å². The van der Waals surface area contributed by atoms with Crippen molar-refractivity contribution in [3.63, 3.8) is 0 Å². The van der Waals surface area contributed by atoms with E-state index >= 15 is 0 Å². The predicted molar refractivity (Wildman–Crippen MR) is 60.8 cm³/mol. The van der Waals surface area contributed by atoms with E-state index in [1.807, 2.05) is 17.8 Å². The van der Waals surface area contributed by atoms with Crippen LogP contribution < -0.4 is 5.32 Å². The molecule has 0 aliphatic heterocycles. The Kier molecular flexibility index (Phi) is 2.29. The lowest BCUT2D eigenvalue weighted by molar-refractivity contribution is 0.568. The van der Waals surface area contributed by atoms with E-state index in [0.29, 0.717) is 0 Å². The lowest BCUT2D eigenvalue weighted by atomic mass is 10.1. The maximum absolute atomic E-state index is 5.10. The van der Waals surface area contributed by atoms with E-state index in [4.69, 9.17) is 4.42 Å². The first-order valence-corrected chi connectivity index (χ1v) is 5.61. The molecule has 2 heterocycles. The molecule has 84 valence electrons. The summed E-state index contributed by atoms with van der Waals surface area (Å²) in [5, 5.41) is 7.97. The summed E-state index contributed by atoms with van der Waals surface area (Å²) >= 11 is 0. The Morgan fingerprint density at radius 3 is 3.12 bits per heavy atom. The minimum absolute atomic E-state index is 0.720. The van der Waals surface area contributed by atoms with Gasteiger partial charge in [0.1, 0.15) is 0 Å². The van der Waals surface area contributed by atoms with Gasteiger partial charge in [0.25, 0.3) is 0 Å². The molecule has 0 radical (unpaired) electrons. The summed E-state index contributed by atoms with van der Waals surface area (Å²) in [7, 11) is 1.95. The fourth-order valence-electron chi connectivity index (χ4n) is 1.85. The van der Waals surface area contributed by atoms with E-state index in [0.717, 1.165) is 23.8 Å². The maximum Gasteiger partial charge on any atom is 0.1000 e. The van der Waals surface area contributed by atoms with Crippen LogP contribution in [0.3, 0.4) is 0 Å². The first-order chi connectivity index (χ1) is 7.83. The Morgan fingerprint density at radius 2 is 2.44 bits per heavy atom. The van der Waals surface area contributed by atoms with Crippen LogP contribution in [0.4, 0.5) is 0 Å². The van der Waals surface area contributed by atoms with Gasteiger partial charge in [-0.15, -0.1) is 0 Å². The van der Waals surface area contributed by atoms with Gasteiger partial charge in [0, 0.05) is 37.0 Å². The Bertz CT molecular complexity index is 468. The fourth-order valence-corrected chi connectivity index (χ4v) is 1.85. The SMILES string of the molecule is Cn1cc(CNC2CC2)c(-c2ccoc2)n1. The highest BCUT2D eigenvalue weighted by molar-refractivity contribution is 5.61. The number of aryl methyl sites for hydroxylation is 1. The summed E-state index contributed by atoms with van der Waals surface area (Å²) in [6.45, 7) is 0.888. The highest BCUT2D eigenvalue weighted by Gasteiger charge is 2.21. The van der Waals surface area contributed by atoms with Gasteiger partial charge in [0.05, 0.1) is 18.2 Å². The van der Waals surface area contributed by atoms with E-state index in [1.165, 1.54) is 18.4 Å². The van der Waals surface area contributed by atoms with Crippen LogP contribution in [0.5, 0.6) is 0 Å². The number of furan rings is 1. The van der Waals surface area contributed by atoms with Crippen molar-refractivity contribution in [2.75, 3.05) is 0 Å². The Labute approximate surface area is 94.3 Å². The molecule has 4 heteroatoms. The molecule has 1 saturated carbocycles. The average Bonchev–Trinajstić information content (AvgIpc) is 2.79. The summed E-state index contributed by atoms with van der Waals surface area (Å²) < 4.78 is 6.95. The van der Waals surface area contributed by atoms with Gasteiger partial charge in [0.2, 0.25) is 0 Å². The molecule has 0 bridgehead atoms. The normalized spacial score (nSPS) is 15.6. The van der Waals surface area contributed by atoms with Crippen molar-refractivity contribution >= 4 is 0 Å². The topological polar surface area (TPSA) is 43.0 Å². The molecule has 4 nitrogen and oxygen atoms in total. The molecule has 0 spiro atoms. The second-order valence-corrected chi connectivity index (χ2v) is 4.34. The molecule has 0 saturated heterocycles. The summed E-state index contributed by atoms with van der Waals surface area (Å²) in [4.78, 5) is 0. The van der Waals surface area contributed by atoms with Crippen molar-refractivity contribution in [3.8, 4) is 11.3 Å². The predicted octanol–water partition coefficient (Wildman–Crippen LogP) is 1.93. The summed E-state index contributed by atoms with van der Waals surface area (Å²) in [5.74, 6) is 0. The summed E-state index contributed by atoms with van der Waals surface area (Å²) in [5.41, 5.74) is 3.30. The van der Waals surface area contributed by atoms with E-state index in [2.05, 4.69) is 16.6 Å². The van der Waals surface area contributed by atoms with Crippen molar-refractivity contribution in [3.05, 3.63) is 30.4 Å². The lowest BCUT2D eigenvalue weighted by Gasteiger charge is -2.01. The van der Waals surface area contributed by atoms with Gasteiger partial charge in [-0.25, -0.2) is 0 Å². The standard InChI is InChI=1S/C12H15N3O/c1-15-7-10(6-13-11-2-3-11)12(14-15)9-4-5-16-8-9/h4-5,7-8,11,13H,2-3,6H2,1H3. The molecule has 0 unspecified atom stereocenters. The number of nitrogens with one attached hydrogen (secondary N) is 1. The molecule has 3 rings (SSSR count). The number of hydrogen-bond acceptors (Lipinski definition) is 3. The van der Waals surface area contributed by atoms with Crippen LogP contribution >= 0.6 is 0 Å². The molecular formula is C12H15N3O. The van der Waals surface area contributed by atoms with Gasteiger partial charge in [-0.2, -0.15) is 5.10 Å². The molecule has 16 heavy (non-hydrogen) atoms. The number of rotatable bonds is 4. The summed E-state index contributed by atoms with van der Waals surface area (Å²) in [6, 6.07) is 2.67. The molecule has 2 aromatic rings. The van der Waals surface area contributed by atoms with E-state index in [1.54, 1.807) is 12.5 Å². The van der Waals surface area contributed by atoms with Crippen LogP contribution in [0, 0.1) is 0 Å². The molecule has 1 aliphatic rings. The molecule has 0 aromatic carbocycles. The van der Waals surface area contributed by atoms with Crippen molar-refractivity contribution < 1.29 is 4.42 Å². The van der Waals surface area contributed by atoms with Gasteiger partial charge in [0.15, 0.2) is 0 Å². The van der Waals surface area contributed by atoms with Crippen molar-refractivity contribution in [2.24, 2.45) is 7.05 Å². The van der Waals surface area contributed by atoms with Gasteiger partial charge >= 0.3 is 0 Å². The molecular weight excluding hydrogens is 202 g/mol. The molecule has 1 fully saturated rings. The highest BCUT2D eigenvalue weighted by Crippen LogP contribution is 2.24. The number of aromatic nitrogens is 2. The minimum Gasteiger partial charge on any atom is -0.472 e. The van der Waals surface area contributed by atoms with Gasteiger partial charge in [-0.1, -0.05) is 0 Å². The lowest BCUT2D eigenvalue weighted by Crippen LogP contribution is -2.15. The third-order valence-corrected chi connectivity index (χ3v) is 2.86. The summed E-state index contributed by atoms with van der Waals surface area (Å²) in [6.07, 6.45) is 8.10. The van der Waals surface area contributed by atoms with Crippen LogP contribution in [0.25, 0.3) is 11.3 Å².